The number of nitrogens with zero attached hydrogens (tertiary/aromatic N) is 2. The van der Waals surface area contributed by atoms with Crippen LogP contribution in [0.4, 0.5) is 5.69 Å². The predicted molar refractivity (Wildman–Crippen MR) is 178 cm³/mol. The molecule has 0 saturated heterocycles. The minimum atomic E-state index is -4.23. The third-order valence-corrected chi connectivity index (χ3v) is 9.27. The zero-order chi connectivity index (χ0) is 32.4. The van der Waals surface area contributed by atoms with E-state index in [-0.39, 0.29) is 40.4 Å². The van der Waals surface area contributed by atoms with Crippen molar-refractivity contribution in [3.05, 3.63) is 125 Å². The highest BCUT2D eigenvalue weighted by Crippen LogP contribution is 2.31. The second kappa shape index (κ2) is 15.6. The number of halogens is 1. The van der Waals surface area contributed by atoms with Crippen LogP contribution in [0.5, 0.6) is 5.75 Å². The highest BCUT2D eigenvalue weighted by Gasteiger charge is 2.35. The lowest BCUT2D eigenvalue weighted by Crippen LogP contribution is -2.53. The van der Waals surface area contributed by atoms with E-state index in [1.54, 1.807) is 67.8 Å². The van der Waals surface area contributed by atoms with Crippen molar-refractivity contribution >= 4 is 39.1 Å². The van der Waals surface area contributed by atoms with Crippen molar-refractivity contribution in [1.29, 1.82) is 0 Å². The summed E-state index contributed by atoms with van der Waals surface area (Å²) >= 11 is 6.52. The van der Waals surface area contributed by atoms with E-state index in [9.17, 15) is 18.0 Å². The van der Waals surface area contributed by atoms with Gasteiger partial charge in [0.2, 0.25) is 11.8 Å². The number of ether oxygens (including phenoxy) is 1. The van der Waals surface area contributed by atoms with Crippen molar-refractivity contribution < 1.29 is 22.7 Å². The molecule has 1 unspecified atom stereocenters. The Kier molecular flexibility index (Phi) is 11.6. The third kappa shape index (κ3) is 8.86. The number of para-hydroxylation sites is 1. The quantitative estimate of drug-likeness (QED) is 0.182. The molecule has 2 amide bonds. The van der Waals surface area contributed by atoms with E-state index in [0.29, 0.717) is 17.9 Å². The number of nitrogens with one attached hydrogen (secondary N) is 1. The molecular formula is C35H38ClN3O5S. The summed E-state index contributed by atoms with van der Waals surface area (Å²) in [6.45, 7) is 3.83. The van der Waals surface area contributed by atoms with Crippen LogP contribution in [0.15, 0.2) is 114 Å². The molecule has 0 bridgehead atoms. The second-order valence-electron chi connectivity index (χ2n) is 11.0. The topological polar surface area (TPSA) is 96.0 Å². The number of benzene rings is 4. The predicted octanol–water partition coefficient (Wildman–Crippen LogP) is 5.96. The Labute approximate surface area is 270 Å². The van der Waals surface area contributed by atoms with Crippen LogP contribution in [0, 0.1) is 5.92 Å². The molecule has 0 radical (unpaired) electrons. The molecule has 4 rings (SSSR count). The number of hydrogen-bond donors (Lipinski definition) is 1. The van der Waals surface area contributed by atoms with Crippen molar-refractivity contribution in [1.82, 2.24) is 10.2 Å². The largest absolute Gasteiger partial charge is 0.497 e. The summed E-state index contributed by atoms with van der Waals surface area (Å²) in [5, 5.41) is 3.15. The first-order valence-electron chi connectivity index (χ1n) is 14.7. The highest BCUT2D eigenvalue weighted by atomic mass is 35.5. The molecule has 0 aromatic heterocycles. The zero-order valence-corrected chi connectivity index (χ0v) is 27.2. The van der Waals surface area contributed by atoms with Gasteiger partial charge >= 0.3 is 0 Å². The van der Waals surface area contributed by atoms with E-state index in [1.165, 1.54) is 17.0 Å². The molecule has 0 aliphatic carbocycles. The van der Waals surface area contributed by atoms with Crippen LogP contribution in [0.25, 0.3) is 0 Å². The molecule has 10 heteroatoms. The lowest BCUT2D eigenvalue weighted by molar-refractivity contribution is -0.140. The van der Waals surface area contributed by atoms with Gasteiger partial charge in [-0.2, -0.15) is 0 Å². The van der Waals surface area contributed by atoms with E-state index >= 15 is 0 Å². The standard InChI is InChI=1S/C35H38ClN3O5S/c1-26(2)23-37-35(41)33(22-27-13-6-4-7-14-27)38(24-28-15-12-16-29(21-28)44-3)34(40)25-39(32-20-11-10-19-31(32)36)45(42,43)30-17-8-5-9-18-30/h4-21,26,33H,22-25H2,1-3H3,(H,37,41). The number of anilines is 1. The zero-order valence-electron chi connectivity index (χ0n) is 25.6. The van der Waals surface area contributed by atoms with Gasteiger partial charge in [-0.15, -0.1) is 0 Å². The summed E-state index contributed by atoms with van der Waals surface area (Å²) in [4.78, 5) is 29.8. The third-order valence-electron chi connectivity index (χ3n) is 7.17. The molecule has 0 heterocycles. The van der Waals surface area contributed by atoms with E-state index in [0.717, 1.165) is 9.87 Å². The maximum atomic E-state index is 14.5. The van der Waals surface area contributed by atoms with Crippen molar-refractivity contribution in [3.8, 4) is 5.75 Å². The minimum Gasteiger partial charge on any atom is -0.497 e. The van der Waals surface area contributed by atoms with Crippen LogP contribution in [0.1, 0.15) is 25.0 Å². The average Bonchev–Trinajstić information content (AvgIpc) is 3.05. The van der Waals surface area contributed by atoms with Crippen LogP contribution < -0.4 is 14.4 Å². The molecule has 236 valence electrons. The first kappa shape index (κ1) is 33.6. The van der Waals surface area contributed by atoms with Gasteiger partial charge in [0.05, 0.1) is 22.7 Å². The number of methoxy groups -OCH3 is 1. The van der Waals surface area contributed by atoms with Gasteiger partial charge in [-0.3, -0.25) is 13.9 Å². The van der Waals surface area contributed by atoms with Gasteiger partial charge in [-0.05, 0) is 53.4 Å². The molecule has 0 aliphatic rings. The summed E-state index contributed by atoms with van der Waals surface area (Å²) < 4.78 is 34.5. The van der Waals surface area contributed by atoms with Gasteiger partial charge in [0, 0.05) is 19.5 Å². The molecule has 0 aliphatic heterocycles. The average molecular weight is 648 g/mol. The lowest BCUT2D eigenvalue weighted by Gasteiger charge is -2.34. The van der Waals surface area contributed by atoms with Gasteiger partial charge in [0.1, 0.15) is 18.3 Å². The first-order chi connectivity index (χ1) is 21.6. The molecule has 8 nitrogen and oxygen atoms in total. The van der Waals surface area contributed by atoms with Crippen molar-refractivity contribution in [3.63, 3.8) is 0 Å². The summed E-state index contributed by atoms with van der Waals surface area (Å²) in [5.74, 6) is -0.134. The Bertz CT molecular complexity index is 1680. The number of hydrogen-bond acceptors (Lipinski definition) is 5. The van der Waals surface area contributed by atoms with Gasteiger partial charge in [0.25, 0.3) is 10.0 Å². The van der Waals surface area contributed by atoms with Crippen LogP contribution >= 0.6 is 11.6 Å². The van der Waals surface area contributed by atoms with Crippen molar-refractivity contribution in [2.75, 3.05) is 24.5 Å². The molecule has 4 aromatic rings. The smallest absolute Gasteiger partial charge is 0.264 e. The Hall–Kier alpha value is -4.34. The molecule has 0 spiro atoms. The number of amides is 2. The van der Waals surface area contributed by atoms with Gasteiger partial charge in [0.15, 0.2) is 0 Å². The van der Waals surface area contributed by atoms with Crippen molar-refractivity contribution in [2.45, 2.75) is 37.8 Å². The maximum Gasteiger partial charge on any atom is 0.264 e. The van der Waals surface area contributed by atoms with Gasteiger partial charge in [-0.1, -0.05) is 98.2 Å². The number of carbonyl (C=O) groups is 2. The van der Waals surface area contributed by atoms with E-state index in [2.05, 4.69) is 5.32 Å². The monoisotopic (exact) mass is 647 g/mol. The number of carbonyl (C=O) groups excluding carboxylic acids is 2. The maximum absolute atomic E-state index is 14.5. The summed E-state index contributed by atoms with van der Waals surface area (Å²) in [6.07, 6.45) is 0.220. The highest BCUT2D eigenvalue weighted by molar-refractivity contribution is 7.92. The van der Waals surface area contributed by atoms with E-state index in [1.807, 2.05) is 50.2 Å². The summed E-state index contributed by atoms with van der Waals surface area (Å²) in [5.41, 5.74) is 1.72. The Morgan fingerprint density at radius 2 is 1.47 bits per heavy atom. The van der Waals surface area contributed by atoms with Crippen molar-refractivity contribution in [2.24, 2.45) is 5.92 Å². The molecule has 1 N–H and O–H groups in total. The number of rotatable bonds is 14. The molecule has 45 heavy (non-hydrogen) atoms. The molecule has 4 aromatic carbocycles. The Balaban J connectivity index is 1.81. The lowest BCUT2D eigenvalue weighted by atomic mass is 10.0. The normalized spacial score (nSPS) is 11.9. The molecule has 0 saturated carbocycles. The summed E-state index contributed by atoms with van der Waals surface area (Å²) in [6, 6.07) is 30.0. The molecule has 0 fully saturated rings. The fraction of sp³-hybridized carbons (Fsp3) is 0.257. The van der Waals surface area contributed by atoms with E-state index in [4.69, 9.17) is 16.3 Å². The molecule has 1 atom stereocenters. The van der Waals surface area contributed by atoms with Gasteiger partial charge in [-0.25, -0.2) is 8.42 Å². The van der Waals surface area contributed by atoms with Crippen LogP contribution in [-0.2, 0) is 32.6 Å². The van der Waals surface area contributed by atoms with Gasteiger partial charge < -0.3 is 15.0 Å². The Morgan fingerprint density at radius 3 is 2.11 bits per heavy atom. The fourth-order valence-electron chi connectivity index (χ4n) is 4.83. The summed E-state index contributed by atoms with van der Waals surface area (Å²) in [7, 11) is -2.68. The molecular weight excluding hydrogens is 610 g/mol. The van der Waals surface area contributed by atoms with E-state index < -0.39 is 28.5 Å². The SMILES string of the molecule is COc1cccc(CN(C(=O)CN(c2ccccc2Cl)S(=O)(=O)c2ccccc2)C(Cc2ccccc2)C(=O)NCC(C)C)c1. The minimum absolute atomic E-state index is 0.00702. The van der Waals surface area contributed by atoms with Crippen LogP contribution in [0.3, 0.4) is 0 Å². The fourth-order valence-corrected chi connectivity index (χ4v) is 6.57. The first-order valence-corrected chi connectivity index (χ1v) is 16.5. The second-order valence-corrected chi connectivity index (χ2v) is 13.3. The van der Waals surface area contributed by atoms with Crippen LogP contribution in [0.2, 0.25) is 5.02 Å². The Morgan fingerprint density at radius 1 is 0.844 bits per heavy atom. The number of sulfonamides is 1. The van der Waals surface area contributed by atoms with Crippen LogP contribution in [-0.4, -0.2) is 51.4 Å².